The van der Waals surface area contributed by atoms with E-state index in [4.69, 9.17) is 4.42 Å². The third-order valence-corrected chi connectivity index (χ3v) is 10.3. The van der Waals surface area contributed by atoms with Gasteiger partial charge in [0.1, 0.15) is 5.76 Å². The van der Waals surface area contributed by atoms with Gasteiger partial charge < -0.3 is 9.32 Å². The van der Waals surface area contributed by atoms with Crippen molar-refractivity contribution in [3.8, 4) is 44.7 Å². The lowest BCUT2D eigenvalue weighted by atomic mass is 10.00. The standard InChI is InChI=1S/C51H34N2O/c1-3-8-42-32-44(17-13-35(42)6-1)39-21-27-48(28-22-39)53(49-29-23-40(24-30-49)45-18-14-36-7-2-4-9-43(36)33-45)47-25-19-38(20-26-47)37-11-15-41(16-12-37)50-34-46-10-5-31-52-51(46)54-50/h1-34H. The van der Waals surface area contributed by atoms with Crippen LogP contribution in [0.5, 0.6) is 0 Å². The average molecular weight is 691 g/mol. The molecule has 0 spiro atoms. The Morgan fingerprint density at radius 1 is 0.315 bits per heavy atom. The minimum Gasteiger partial charge on any atom is -0.438 e. The molecule has 0 saturated carbocycles. The van der Waals surface area contributed by atoms with E-state index in [1.54, 1.807) is 6.20 Å². The maximum atomic E-state index is 6.01. The second-order valence-corrected chi connectivity index (χ2v) is 13.7. The molecule has 0 aliphatic heterocycles. The summed E-state index contributed by atoms with van der Waals surface area (Å²) in [4.78, 5) is 6.67. The van der Waals surface area contributed by atoms with Gasteiger partial charge in [-0.2, -0.15) is 0 Å². The Hall–Kier alpha value is -7.23. The van der Waals surface area contributed by atoms with Crippen molar-refractivity contribution < 1.29 is 4.42 Å². The molecule has 0 radical (unpaired) electrons. The Labute approximate surface area is 314 Å². The molecule has 3 heteroatoms. The van der Waals surface area contributed by atoms with Gasteiger partial charge in [-0.15, -0.1) is 0 Å². The van der Waals surface area contributed by atoms with Crippen LogP contribution in [0.1, 0.15) is 0 Å². The maximum absolute atomic E-state index is 6.01. The van der Waals surface area contributed by atoms with E-state index >= 15 is 0 Å². The van der Waals surface area contributed by atoms with Crippen molar-refractivity contribution in [1.29, 1.82) is 0 Å². The van der Waals surface area contributed by atoms with Gasteiger partial charge in [-0.3, -0.25) is 0 Å². The van der Waals surface area contributed by atoms with Crippen LogP contribution in [-0.4, -0.2) is 4.98 Å². The van der Waals surface area contributed by atoms with Crippen molar-refractivity contribution in [3.63, 3.8) is 0 Å². The summed E-state index contributed by atoms with van der Waals surface area (Å²) < 4.78 is 6.01. The summed E-state index contributed by atoms with van der Waals surface area (Å²) in [5, 5.41) is 5.99. The quantitative estimate of drug-likeness (QED) is 0.167. The van der Waals surface area contributed by atoms with Crippen LogP contribution < -0.4 is 4.90 Å². The zero-order valence-corrected chi connectivity index (χ0v) is 29.4. The number of benzene rings is 8. The van der Waals surface area contributed by atoms with E-state index < -0.39 is 0 Å². The van der Waals surface area contributed by atoms with Crippen molar-refractivity contribution in [1.82, 2.24) is 4.98 Å². The molecule has 10 aromatic rings. The average Bonchev–Trinajstić information content (AvgIpc) is 3.69. The molecule has 0 saturated heterocycles. The fraction of sp³-hybridized carbons (Fsp3) is 0. The predicted octanol–water partition coefficient (Wildman–Crippen LogP) is 14.3. The Morgan fingerprint density at radius 2 is 0.704 bits per heavy atom. The number of pyridine rings is 1. The first kappa shape index (κ1) is 31.5. The summed E-state index contributed by atoms with van der Waals surface area (Å²) in [6.45, 7) is 0. The maximum Gasteiger partial charge on any atom is 0.226 e. The molecule has 0 atom stereocenters. The number of fused-ring (bicyclic) bond motifs is 3. The smallest absolute Gasteiger partial charge is 0.226 e. The van der Waals surface area contributed by atoms with Gasteiger partial charge in [0.05, 0.1) is 0 Å². The lowest BCUT2D eigenvalue weighted by molar-refractivity contribution is 0.618. The van der Waals surface area contributed by atoms with Gasteiger partial charge in [-0.25, -0.2) is 4.98 Å². The minimum atomic E-state index is 0.656. The van der Waals surface area contributed by atoms with E-state index in [0.29, 0.717) is 5.71 Å². The molecular formula is C51H34N2O. The Kier molecular flexibility index (Phi) is 7.81. The molecule has 0 amide bonds. The highest BCUT2D eigenvalue weighted by molar-refractivity contribution is 5.90. The first-order chi connectivity index (χ1) is 26.7. The van der Waals surface area contributed by atoms with E-state index in [1.165, 1.54) is 43.8 Å². The van der Waals surface area contributed by atoms with Gasteiger partial charge >= 0.3 is 0 Å². The van der Waals surface area contributed by atoms with Crippen LogP contribution in [0.25, 0.3) is 77.3 Å². The van der Waals surface area contributed by atoms with Crippen LogP contribution in [0, 0.1) is 0 Å². The summed E-state index contributed by atoms with van der Waals surface area (Å²) in [7, 11) is 0. The summed E-state index contributed by atoms with van der Waals surface area (Å²) >= 11 is 0. The normalized spacial score (nSPS) is 11.3. The van der Waals surface area contributed by atoms with E-state index in [9.17, 15) is 0 Å². The fourth-order valence-corrected chi connectivity index (χ4v) is 7.44. The molecule has 0 unspecified atom stereocenters. The lowest BCUT2D eigenvalue weighted by Gasteiger charge is -2.26. The molecule has 54 heavy (non-hydrogen) atoms. The Balaban J connectivity index is 0.980. The molecule has 0 fully saturated rings. The minimum absolute atomic E-state index is 0.656. The van der Waals surface area contributed by atoms with Crippen molar-refractivity contribution >= 4 is 49.7 Å². The van der Waals surface area contributed by atoms with Gasteiger partial charge in [0, 0.05) is 34.2 Å². The molecule has 0 aliphatic carbocycles. The third-order valence-electron chi connectivity index (χ3n) is 10.3. The highest BCUT2D eigenvalue weighted by atomic mass is 16.3. The fourth-order valence-electron chi connectivity index (χ4n) is 7.44. The number of rotatable bonds is 7. The van der Waals surface area contributed by atoms with Crippen molar-refractivity contribution in [2.75, 3.05) is 4.90 Å². The summed E-state index contributed by atoms with van der Waals surface area (Å²) in [6, 6.07) is 71.5. The van der Waals surface area contributed by atoms with Crippen LogP contribution in [0.4, 0.5) is 17.1 Å². The second kappa shape index (κ2) is 13.4. The summed E-state index contributed by atoms with van der Waals surface area (Å²) in [5.41, 5.74) is 12.0. The van der Waals surface area contributed by atoms with Gasteiger partial charge in [-0.1, -0.05) is 133 Å². The van der Waals surface area contributed by atoms with Gasteiger partial charge in [-0.05, 0) is 122 Å². The molecule has 8 aromatic carbocycles. The van der Waals surface area contributed by atoms with Crippen LogP contribution in [0.2, 0.25) is 0 Å². The summed E-state index contributed by atoms with van der Waals surface area (Å²) in [5.74, 6) is 0.819. The molecule has 3 nitrogen and oxygen atoms in total. The van der Waals surface area contributed by atoms with Gasteiger partial charge in [0.15, 0.2) is 0 Å². The largest absolute Gasteiger partial charge is 0.438 e. The van der Waals surface area contributed by atoms with Crippen LogP contribution >= 0.6 is 0 Å². The van der Waals surface area contributed by atoms with E-state index in [0.717, 1.165) is 44.9 Å². The van der Waals surface area contributed by atoms with Crippen molar-refractivity contribution in [3.05, 3.63) is 206 Å². The first-order valence-electron chi connectivity index (χ1n) is 18.3. The zero-order chi connectivity index (χ0) is 35.8. The molecular weight excluding hydrogens is 657 g/mol. The monoisotopic (exact) mass is 690 g/mol. The zero-order valence-electron chi connectivity index (χ0n) is 29.4. The number of anilines is 3. The molecule has 0 bridgehead atoms. The predicted molar refractivity (Wildman–Crippen MR) is 225 cm³/mol. The number of aromatic nitrogens is 1. The highest BCUT2D eigenvalue weighted by Gasteiger charge is 2.15. The van der Waals surface area contributed by atoms with Crippen LogP contribution in [-0.2, 0) is 0 Å². The molecule has 0 aliphatic rings. The molecule has 254 valence electrons. The molecule has 2 aromatic heterocycles. The number of nitrogens with zero attached hydrogens (tertiary/aromatic N) is 2. The molecule has 0 N–H and O–H groups in total. The van der Waals surface area contributed by atoms with E-state index in [-0.39, 0.29) is 0 Å². The van der Waals surface area contributed by atoms with E-state index in [1.807, 2.05) is 18.2 Å². The van der Waals surface area contributed by atoms with Crippen molar-refractivity contribution in [2.24, 2.45) is 0 Å². The number of hydrogen-bond donors (Lipinski definition) is 0. The number of hydrogen-bond acceptors (Lipinski definition) is 3. The van der Waals surface area contributed by atoms with Crippen LogP contribution in [0.15, 0.2) is 211 Å². The molecule has 2 heterocycles. The Bertz CT molecular complexity index is 2750. The van der Waals surface area contributed by atoms with Gasteiger partial charge in [0.2, 0.25) is 5.71 Å². The third kappa shape index (κ3) is 5.98. The SMILES string of the molecule is c1ccc2cc(-c3ccc(N(c4ccc(-c5ccc(-c6cc7cccnc7o6)cc5)cc4)c4ccc(-c5ccc6ccccc6c5)cc4)cc3)ccc2c1. The summed E-state index contributed by atoms with van der Waals surface area (Å²) in [6.07, 6.45) is 1.76. The Morgan fingerprint density at radius 3 is 1.19 bits per heavy atom. The highest BCUT2D eigenvalue weighted by Crippen LogP contribution is 2.38. The topological polar surface area (TPSA) is 29.3 Å². The van der Waals surface area contributed by atoms with Gasteiger partial charge in [0.25, 0.3) is 0 Å². The first-order valence-corrected chi connectivity index (χ1v) is 18.3. The van der Waals surface area contributed by atoms with Crippen LogP contribution in [0.3, 0.4) is 0 Å². The lowest BCUT2D eigenvalue weighted by Crippen LogP contribution is -2.09. The molecule has 10 rings (SSSR count). The number of furan rings is 1. The van der Waals surface area contributed by atoms with E-state index in [2.05, 4.69) is 192 Å². The second-order valence-electron chi connectivity index (χ2n) is 13.7. The van der Waals surface area contributed by atoms with Crippen molar-refractivity contribution in [2.45, 2.75) is 0 Å².